The summed E-state index contributed by atoms with van der Waals surface area (Å²) in [5, 5.41) is 0. The maximum atomic E-state index is 11.5. The Morgan fingerprint density at radius 3 is 2.19 bits per heavy atom. The fourth-order valence-electron chi connectivity index (χ4n) is 1.38. The van der Waals surface area contributed by atoms with Crippen molar-refractivity contribution in [1.82, 2.24) is 0 Å². The van der Waals surface area contributed by atoms with Crippen molar-refractivity contribution in [3.8, 4) is 0 Å². The third-order valence-corrected chi connectivity index (χ3v) is 2.25. The van der Waals surface area contributed by atoms with Gasteiger partial charge in [0.2, 0.25) is 0 Å². The van der Waals surface area contributed by atoms with E-state index in [2.05, 4.69) is 0 Å². The number of ether oxygens (including phenoxy) is 1. The van der Waals surface area contributed by atoms with Gasteiger partial charge in [0.15, 0.2) is 0 Å². The van der Waals surface area contributed by atoms with E-state index in [0.717, 1.165) is 6.42 Å². The third-order valence-electron chi connectivity index (χ3n) is 2.25. The first kappa shape index (κ1) is 15.1. The first-order valence-corrected chi connectivity index (χ1v) is 6.00. The Bertz CT molecular complexity index is 238. The van der Waals surface area contributed by atoms with E-state index in [1.54, 1.807) is 0 Å². The highest BCUT2D eigenvalue weighted by atomic mass is 16.6. The van der Waals surface area contributed by atoms with Gasteiger partial charge in [-0.1, -0.05) is 13.8 Å². The van der Waals surface area contributed by atoms with E-state index in [-0.39, 0.29) is 17.7 Å². The van der Waals surface area contributed by atoms with Crippen molar-refractivity contribution < 1.29 is 14.3 Å². The lowest BCUT2D eigenvalue weighted by Gasteiger charge is -2.20. The molecule has 0 saturated carbocycles. The molecule has 0 aromatic carbocycles. The van der Waals surface area contributed by atoms with Crippen LogP contribution in [0.15, 0.2) is 0 Å². The van der Waals surface area contributed by atoms with Gasteiger partial charge in [0, 0.05) is 18.8 Å². The van der Waals surface area contributed by atoms with Crippen molar-refractivity contribution in [1.29, 1.82) is 0 Å². The van der Waals surface area contributed by atoms with Crippen LogP contribution < -0.4 is 0 Å². The molecule has 1 unspecified atom stereocenters. The molecule has 0 aliphatic carbocycles. The van der Waals surface area contributed by atoms with Crippen LogP contribution in [0.5, 0.6) is 0 Å². The summed E-state index contributed by atoms with van der Waals surface area (Å²) in [5.74, 6) is -0.0119. The summed E-state index contributed by atoms with van der Waals surface area (Å²) in [6.45, 7) is 9.39. The van der Waals surface area contributed by atoms with Crippen molar-refractivity contribution in [2.45, 2.75) is 65.9 Å². The first-order chi connectivity index (χ1) is 7.26. The highest BCUT2D eigenvalue weighted by Crippen LogP contribution is 2.14. The molecule has 0 aromatic rings. The maximum Gasteiger partial charge on any atom is 0.306 e. The molecule has 0 fully saturated rings. The largest absolute Gasteiger partial charge is 0.460 e. The van der Waals surface area contributed by atoms with E-state index in [1.807, 2.05) is 34.6 Å². The summed E-state index contributed by atoms with van der Waals surface area (Å²) in [6, 6.07) is 0. The van der Waals surface area contributed by atoms with Crippen LogP contribution >= 0.6 is 0 Å². The molecule has 0 rings (SSSR count). The van der Waals surface area contributed by atoms with E-state index in [4.69, 9.17) is 4.74 Å². The SMILES string of the molecule is CCCC(=O)C(C)CCC(=O)OC(C)(C)C. The quantitative estimate of drug-likeness (QED) is 0.656. The Labute approximate surface area is 98.6 Å². The number of ketones is 1. The van der Waals surface area contributed by atoms with E-state index < -0.39 is 5.60 Å². The number of Topliss-reactive ketones (excluding diaryl/α,β-unsaturated/α-hetero) is 1. The summed E-state index contributed by atoms with van der Waals surface area (Å²) >= 11 is 0. The number of esters is 1. The summed E-state index contributed by atoms with van der Waals surface area (Å²) in [7, 11) is 0. The molecule has 3 heteroatoms. The maximum absolute atomic E-state index is 11.5. The molecule has 0 radical (unpaired) electrons. The zero-order valence-electron chi connectivity index (χ0n) is 11.1. The topological polar surface area (TPSA) is 43.4 Å². The summed E-state index contributed by atoms with van der Waals surface area (Å²) in [4.78, 5) is 22.9. The Balaban J connectivity index is 3.88. The minimum absolute atomic E-state index is 0.0348. The molecule has 1 atom stereocenters. The van der Waals surface area contributed by atoms with Crippen LogP contribution in [-0.2, 0) is 14.3 Å². The lowest BCUT2D eigenvalue weighted by molar-refractivity contribution is -0.155. The van der Waals surface area contributed by atoms with Crippen molar-refractivity contribution in [2.24, 2.45) is 5.92 Å². The van der Waals surface area contributed by atoms with E-state index in [9.17, 15) is 9.59 Å². The van der Waals surface area contributed by atoms with E-state index >= 15 is 0 Å². The van der Waals surface area contributed by atoms with Crippen LogP contribution in [0.1, 0.15) is 60.3 Å². The molecule has 0 spiro atoms. The Kier molecular flexibility index (Phi) is 6.31. The minimum Gasteiger partial charge on any atom is -0.460 e. The van der Waals surface area contributed by atoms with Gasteiger partial charge in [0.1, 0.15) is 11.4 Å². The van der Waals surface area contributed by atoms with Crippen molar-refractivity contribution in [2.75, 3.05) is 0 Å². The average Bonchev–Trinajstić information content (AvgIpc) is 2.11. The number of carbonyl (C=O) groups is 2. The second-order valence-electron chi connectivity index (χ2n) is 5.24. The van der Waals surface area contributed by atoms with Crippen molar-refractivity contribution in [3.05, 3.63) is 0 Å². The summed E-state index contributed by atoms with van der Waals surface area (Å²) in [6.07, 6.45) is 2.40. The molecule has 0 aliphatic heterocycles. The molecule has 94 valence electrons. The zero-order valence-corrected chi connectivity index (χ0v) is 11.1. The fourth-order valence-corrected chi connectivity index (χ4v) is 1.38. The van der Waals surface area contributed by atoms with Crippen LogP contribution in [0.4, 0.5) is 0 Å². The second-order valence-corrected chi connectivity index (χ2v) is 5.24. The lowest BCUT2D eigenvalue weighted by atomic mass is 9.97. The molecule has 0 amide bonds. The average molecular weight is 228 g/mol. The monoisotopic (exact) mass is 228 g/mol. The highest BCUT2D eigenvalue weighted by Gasteiger charge is 2.18. The van der Waals surface area contributed by atoms with Gasteiger partial charge < -0.3 is 4.74 Å². The number of hydrogen-bond acceptors (Lipinski definition) is 3. The molecule has 3 nitrogen and oxygen atoms in total. The van der Waals surface area contributed by atoms with Crippen molar-refractivity contribution >= 4 is 11.8 Å². The van der Waals surface area contributed by atoms with E-state index in [0.29, 0.717) is 19.3 Å². The predicted octanol–water partition coefficient (Wildman–Crippen LogP) is 3.11. The number of hydrogen-bond donors (Lipinski definition) is 0. The fraction of sp³-hybridized carbons (Fsp3) is 0.846. The predicted molar refractivity (Wildman–Crippen MR) is 64.2 cm³/mol. The van der Waals surface area contributed by atoms with Crippen LogP contribution in [0.2, 0.25) is 0 Å². The van der Waals surface area contributed by atoms with Gasteiger partial charge in [-0.15, -0.1) is 0 Å². The summed E-state index contributed by atoms with van der Waals surface area (Å²) < 4.78 is 5.18. The van der Waals surface area contributed by atoms with Gasteiger partial charge >= 0.3 is 5.97 Å². The molecule has 0 saturated heterocycles. The molecule has 0 bridgehead atoms. The molecule has 0 aromatic heterocycles. The van der Waals surface area contributed by atoms with Gasteiger partial charge in [0.25, 0.3) is 0 Å². The van der Waals surface area contributed by atoms with Crippen LogP contribution in [0.25, 0.3) is 0 Å². The molecule has 16 heavy (non-hydrogen) atoms. The van der Waals surface area contributed by atoms with Gasteiger partial charge in [0.05, 0.1) is 0 Å². The van der Waals surface area contributed by atoms with Crippen LogP contribution in [0.3, 0.4) is 0 Å². The van der Waals surface area contributed by atoms with Crippen LogP contribution in [0, 0.1) is 5.92 Å². The van der Waals surface area contributed by atoms with Gasteiger partial charge in [-0.25, -0.2) is 0 Å². The smallest absolute Gasteiger partial charge is 0.306 e. The normalized spacial score (nSPS) is 13.3. The third kappa shape index (κ3) is 7.43. The molecular weight excluding hydrogens is 204 g/mol. The minimum atomic E-state index is -0.437. The van der Waals surface area contributed by atoms with Gasteiger partial charge in [-0.2, -0.15) is 0 Å². The second kappa shape index (κ2) is 6.66. The first-order valence-electron chi connectivity index (χ1n) is 6.00. The van der Waals surface area contributed by atoms with Gasteiger partial charge in [-0.05, 0) is 33.6 Å². The van der Waals surface area contributed by atoms with Gasteiger partial charge in [-0.3, -0.25) is 9.59 Å². The zero-order chi connectivity index (χ0) is 12.8. The lowest BCUT2D eigenvalue weighted by Crippen LogP contribution is -2.24. The Morgan fingerprint density at radius 2 is 1.75 bits per heavy atom. The Morgan fingerprint density at radius 1 is 1.19 bits per heavy atom. The molecule has 0 heterocycles. The molecule has 0 aliphatic rings. The Hall–Kier alpha value is -0.860. The molecular formula is C13H24O3. The number of carbonyl (C=O) groups excluding carboxylic acids is 2. The molecule has 0 N–H and O–H groups in total. The van der Waals surface area contributed by atoms with Crippen molar-refractivity contribution in [3.63, 3.8) is 0 Å². The highest BCUT2D eigenvalue weighted by molar-refractivity contribution is 5.81. The number of rotatable bonds is 6. The summed E-state index contributed by atoms with van der Waals surface area (Å²) in [5.41, 5.74) is -0.437. The van der Waals surface area contributed by atoms with Crippen LogP contribution in [-0.4, -0.2) is 17.4 Å². The standard InChI is InChI=1S/C13H24O3/c1-6-7-11(14)10(2)8-9-12(15)16-13(3,4)5/h10H,6-9H2,1-5H3. The van der Waals surface area contributed by atoms with E-state index in [1.165, 1.54) is 0 Å².